The molecule has 0 N–H and O–H groups in total. The van der Waals surface area contributed by atoms with E-state index in [0.29, 0.717) is 40.1 Å². The summed E-state index contributed by atoms with van der Waals surface area (Å²) in [4.78, 5) is 0. The number of hydrogen-bond acceptors (Lipinski definition) is 5. The van der Waals surface area contributed by atoms with Crippen molar-refractivity contribution in [3.05, 3.63) is 341 Å². The summed E-state index contributed by atoms with van der Waals surface area (Å²) >= 11 is 1.71. The van der Waals surface area contributed by atoms with Crippen LogP contribution in [-0.2, 0) is 28.2 Å². The molecular weight excluding hydrogens is 1560 g/mol. The quantitative estimate of drug-likeness (QED) is 0.101. The van der Waals surface area contributed by atoms with E-state index in [4.69, 9.17) is 17.7 Å². The molecule has 608 valence electrons. The maximum absolute atomic E-state index is 14.1. The lowest BCUT2D eigenvalue weighted by Crippen LogP contribution is -2.30. The summed E-state index contributed by atoms with van der Waals surface area (Å²) in [6, 6.07) is 86.8. The number of fused-ring (bicyclic) bond motifs is 15. The summed E-state index contributed by atoms with van der Waals surface area (Å²) in [7, 11) is 8.35. The third-order valence-electron chi connectivity index (χ3n) is 24.3. The number of rotatable bonds is 10. The Morgan fingerprint density at radius 2 is 0.675 bits per heavy atom. The van der Waals surface area contributed by atoms with Gasteiger partial charge in [-0.3, -0.25) is 0 Å². The molecule has 0 saturated heterocycles. The van der Waals surface area contributed by atoms with Crippen LogP contribution in [0, 0.1) is 51.0 Å². The minimum atomic E-state index is -0.297. The first-order valence-corrected chi connectivity index (χ1v) is 42.5. The summed E-state index contributed by atoms with van der Waals surface area (Å²) in [5, 5.41) is 11.0. The summed E-state index contributed by atoms with van der Waals surface area (Å²) in [6.45, 7) is 21.9. The predicted molar refractivity (Wildman–Crippen MR) is 491 cm³/mol. The molecule has 0 spiro atoms. The minimum absolute atomic E-state index is 0.275. The Labute approximate surface area is 712 Å². The zero-order chi connectivity index (χ0) is 85.2. The first kappa shape index (κ1) is 78.9. The van der Waals surface area contributed by atoms with E-state index in [0.717, 1.165) is 166 Å². The molecule has 0 aliphatic heterocycles. The van der Waals surface area contributed by atoms with E-state index in [1.807, 2.05) is 43.6 Å². The second-order valence-corrected chi connectivity index (χ2v) is 34.0. The number of aryl methyl sites for hydroxylation is 8. The van der Waals surface area contributed by atoms with E-state index in [2.05, 4.69) is 298 Å². The summed E-state index contributed by atoms with van der Waals surface area (Å²) in [6.07, 6.45) is 2.05. The number of aromatic nitrogens is 7. The Hall–Kier alpha value is -14.0. The van der Waals surface area contributed by atoms with Crippen molar-refractivity contribution in [3.8, 4) is 61.8 Å². The molecule has 8 aromatic heterocycles. The van der Waals surface area contributed by atoms with Crippen molar-refractivity contribution >= 4 is 132 Å². The third-order valence-corrected chi connectivity index (χ3v) is 25.3. The molecule has 0 radical (unpaired) electrons. The number of hydrogen-bond donors (Lipinski definition) is 0. The van der Waals surface area contributed by atoms with Gasteiger partial charge in [0.2, 0.25) is 0 Å². The molecule has 16 heteroatoms. The predicted octanol–water partition coefficient (Wildman–Crippen LogP) is 27.4. The van der Waals surface area contributed by atoms with Gasteiger partial charge in [-0.05, 0) is 183 Å². The maximum atomic E-state index is 14.1. The highest BCUT2D eigenvalue weighted by Crippen LogP contribution is 2.46. The van der Waals surface area contributed by atoms with Crippen molar-refractivity contribution in [3.63, 3.8) is 0 Å². The van der Waals surface area contributed by atoms with Crippen molar-refractivity contribution in [2.75, 3.05) is 0 Å². The second kappa shape index (κ2) is 31.2. The van der Waals surface area contributed by atoms with E-state index in [1.54, 1.807) is 29.5 Å². The van der Waals surface area contributed by atoms with Crippen molar-refractivity contribution in [1.29, 1.82) is 0 Å². The number of benzene rings is 14. The van der Waals surface area contributed by atoms with Gasteiger partial charge >= 0.3 is 0 Å². The lowest BCUT2D eigenvalue weighted by molar-refractivity contribution is -0.655. The molecule has 22 aromatic rings. The largest absolute Gasteiger partial charge is 0.456 e. The van der Waals surface area contributed by atoms with Gasteiger partial charge in [-0.1, -0.05) is 180 Å². The van der Waals surface area contributed by atoms with Crippen LogP contribution >= 0.6 is 11.3 Å². The first-order valence-electron chi connectivity index (χ1n) is 41.7. The summed E-state index contributed by atoms with van der Waals surface area (Å²) < 4.78 is 96.1. The standard InChI is InChI=1S/C33H32FN2O.C30H26FN2O.C27H20FN2O.C17H13FNOS/c1-19(2)23-10-9-11-24(20(3)4)31(23)36-28-13-8-7-12-27(28)35(6)33(36)30-21(5)14-16-26-25-17-15-22(34)18-29(25)37-32(26)30;1-18(2)21-9-5-6-10-24(21)33-26-12-8-7-11-25(26)32(4)30(33)28-19(3)13-15-23-22-16-14-20(31)17-27(22)34-29(23)28;1-17-12-14-21-20-15-13-18(28)16-24(20)31-26(21)25(17)27-29(2)22-10-6-7-11-23(22)30(27)19-8-4-3-5-9-19;1-10-7-15-14(9-13(10)17-19(2)5-6-21-17)12-4-3-11(18)8-16(12)20-15/h7-20H,1-6H3;5-18H,1-4H3;3-16H,1-2H3;3-9H,1-2H3/q4*+1. The fraction of sp³-hybridized carbons (Fsp3) is 0.159. The molecule has 123 heavy (non-hydrogen) atoms. The van der Waals surface area contributed by atoms with Crippen molar-refractivity contribution in [2.45, 2.75) is 87.0 Å². The zero-order valence-electron chi connectivity index (χ0n) is 71.0. The van der Waals surface area contributed by atoms with E-state index in [9.17, 15) is 17.6 Å². The molecule has 0 aliphatic rings. The highest BCUT2D eigenvalue weighted by Gasteiger charge is 2.37. The van der Waals surface area contributed by atoms with Crippen LogP contribution in [0.2, 0.25) is 0 Å². The topological polar surface area (TPSA) is 82.9 Å². The van der Waals surface area contributed by atoms with Crippen molar-refractivity contribution < 1.29 is 53.5 Å². The number of furan rings is 4. The Balaban J connectivity index is 0.000000109. The van der Waals surface area contributed by atoms with Gasteiger partial charge < -0.3 is 17.7 Å². The van der Waals surface area contributed by atoms with Crippen LogP contribution in [0.5, 0.6) is 0 Å². The highest BCUT2D eigenvalue weighted by atomic mass is 32.1. The van der Waals surface area contributed by atoms with Gasteiger partial charge in [-0.2, -0.15) is 18.3 Å². The van der Waals surface area contributed by atoms with Crippen LogP contribution in [0.4, 0.5) is 17.6 Å². The Kier molecular flexibility index (Phi) is 20.0. The molecule has 0 bridgehead atoms. The van der Waals surface area contributed by atoms with Gasteiger partial charge in [-0.15, -0.1) is 0 Å². The average molecular weight is 1650 g/mol. The van der Waals surface area contributed by atoms with E-state index < -0.39 is 0 Å². The SMILES string of the molecule is Cc1cc2oc3cc(F)ccc3c2cc1-c1scc[n+]1C.Cc1ccc2c(oc3cc(F)ccc32)c1-c1n(-c2c(C(C)C)cccc2C(C)C)c2ccccc2[n+]1C.Cc1ccc2c(oc3cc(F)ccc32)c1-c1n(-c2ccccc2)c2ccccc2[n+]1C.Cc1ccc2c(oc3cc(F)ccc32)c1-c1n(-c2ccccc2C(C)C)c2ccccc2[n+]1C. The van der Waals surface area contributed by atoms with Crippen LogP contribution in [0.25, 0.3) is 183 Å². The number of para-hydroxylation sites is 9. The monoisotopic (exact) mass is 1650 g/mol. The third kappa shape index (κ3) is 13.4. The highest BCUT2D eigenvalue weighted by molar-refractivity contribution is 7.12. The van der Waals surface area contributed by atoms with Crippen molar-refractivity contribution in [2.24, 2.45) is 28.2 Å². The first-order chi connectivity index (χ1) is 59.5. The lowest BCUT2D eigenvalue weighted by atomic mass is 9.92. The van der Waals surface area contributed by atoms with Gasteiger partial charge in [0.05, 0.1) is 32.1 Å². The number of imidazole rings is 3. The van der Waals surface area contributed by atoms with Gasteiger partial charge in [0, 0.05) is 84.0 Å². The average Bonchev–Trinajstić information content (AvgIpc) is 1.57. The van der Waals surface area contributed by atoms with Crippen LogP contribution < -0.4 is 18.3 Å². The van der Waals surface area contributed by atoms with Gasteiger partial charge in [0.15, 0.2) is 56.0 Å². The number of halogens is 4. The van der Waals surface area contributed by atoms with E-state index in [-0.39, 0.29) is 23.3 Å². The lowest BCUT2D eigenvalue weighted by Gasteiger charge is -2.18. The maximum Gasteiger partial charge on any atom is 0.299 e. The Morgan fingerprint density at radius 1 is 0.317 bits per heavy atom. The van der Waals surface area contributed by atoms with Gasteiger partial charge in [0.1, 0.15) is 92.0 Å². The summed E-state index contributed by atoms with van der Waals surface area (Å²) in [5.41, 5.74) is 28.3. The second-order valence-electron chi connectivity index (χ2n) is 33.1. The molecule has 0 saturated carbocycles. The number of thiazole rings is 1. The molecule has 0 atom stereocenters. The van der Waals surface area contributed by atoms with Crippen LogP contribution in [0.3, 0.4) is 0 Å². The number of nitrogens with zero attached hydrogens (tertiary/aromatic N) is 7. The van der Waals surface area contributed by atoms with Gasteiger partial charge in [0.25, 0.3) is 22.5 Å². The smallest absolute Gasteiger partial charge is 0.299 e. The molecule has 0 unspecified atom stereocenters. The van der Waals surface area contributed by atoms with Crippen LogP contribution in [0.15, 0.2) is 296 Å². The van der Waals surface area contributed by atoms with E-state index >= 15 is 0 Å². The van der Waals surface area contributed by atoms with Crippen LogP contribution in [-0.4, -0.2) is 13.7 Å². The molecule has 22 rings (SSSR count). The molecule has 0 aliphatic carbocycles. The molecule has 0 amide bonds. The Morgan fingerprint density at radius 3 is 1.11 bits per heavy atom. The van der Waals surface area contributed by atoms with Crippen LogP contribution in [0.1, 0.15) is 98.2 Å². The Bertz CT molecular complexity index is 7950. The van der Waals surface area contributed by atoms with Gasteiger partial charge in [-0.25, -0.2) is 31.3 Å². The molecule has 11 nitrogen and oxygen atoms in total. The molecule has 8 heterocycles. The summed E-state index contributed by atoms with van der Waals surface area (Å²) in [5.74, 6) is 3.01. The fourth-order valence-electron chi connectivity index (χ4n) is 18.3. The molecular formula is C107H91F4N7O4S+4. The fourth-order valence-corrected chi connectivity index (χ4v) is 19.3. The van der Waals surface area contributed by atoms with E-state index in [1.165, 1.54) is 81.5 Å². The molecule has 14 aromatic carbocycles. The normalized spacial score (nSPS) is 11.9. The molecule has 0 fully saturated rings. The minimum Gasteiger partial charge on any atom is -0.456 e. The zero-order valence-corrected chi connectivity index (χ0v) is 71.8. The van der Waals surface area contributed by atoms with Crippen molar-refractivity contribution in [1.82, 2.24) is 13.7 Å².